The van der Waals surface area contributed by atoms with E-state index in [9.17, 15) is 9.59 Å². The largest absolute Gasteiger partial charge is 0.457 e. The van der Waals surface area contributed by atoms with Crippen molar-refractivity contribution in [3.8, 4) is 5.82 Å². The van der Waals surface area contributed by atoms with Crippen LogP contribution in [0, 0.1) is 0 Å². The maximum absolute atomic E-state index is 12.7. The van der Waals surface area contributed by atoms with E-state index in [2.05, 4.69) is 20.4 Å². The number of nitrogens with zero attached hydrogens (tertiary/aromatic N) is 4. The summed E-state index contributed by atoms with van der Waals surface area (Å²) in [6.07, 6.45) is 4.83. The summed E-state index contributed by atoms with van der Waals surface area (Å²) < 4.78 is 6.93. The molecule has 0 aliphatic carbocycles. The van der Waals surface area contributed by atoms with Crippen LogP contribution in [0.15, 0.2) is 85.3 Å². The van der Waals surface area contributed by atoms with Gasteiger partial charge in [-0.15, -0.1) is 0 Å². The first-order valence-corrected chi connectivity index (χ1v) is 9.15. The molecule has 1 aromatic carbocycles. The lowest BCUT2D eigenvalue weighted by Crippen LogP contribution is -2.19. The van der Waals surface area contributed by atoms with Gasteiger partial charge in [0.25, 0.3) is 5.91 Å². The molecule has 8 nitrogen and oxygen atoms in total. The topological polar surface area (TPSA) is 99.0 Å². The summed E-state index contributed by atoms with van der Waals surface area (Å²) >= 11 is 0. The number of benzene rings is 1. The van der Waals surface area contributed by atoms with Crippen molar-refractivity contribution in [2.75, 3.05) is 5.32 Å². The standard InChI is InChI=1S/C22H17N5O3/c28-21(18-9-4-5-12-23-18)26-20-17(10-11-19(25-20)27-14-6-13-24-27)22(29)30-15-16-7-2-1-3-8-16/h1-14H,15H2,(H,25,26,28). The zero-order chi connectivity index (χ0) is 20.8. The molecule has 0 unspecified atom stereocenters. The van der Waals surface area contributed by atoms with Crippen molar-refractivity contribution < 1.29 is 14.3 Å². The molecule has 8 heteroatoms. The second kappa shape index (κ2) is 8.78. The third kappa shape index (κ3) is 4.39. The van der Waals surface area contributed by atoms with E-state index in [0.29, 0.717) is 5.82 Å². The molecule has 3 aromatic heterocycles. The predicted molar refractivity (Wildman–Crippen MR) is 109 cm³/mol. The molecule has 4 aromatic rings. The Morgan fingerprint density at radius 1 is 0.933 bits per heavy atom. The highest BCUT2D eigenvalue weighted by molar-refractivity contribution is 6.06. The number of amides is 1. The van der Waals surface area contributed by atoms with Crippen LogP contribution in [-0.2, 0) is 11.3 Å². The highest BCUT2D eigenvalue weighted by atomic mass is 16.5. The van der Waals surface area contributed by atoms with Gasteiger partial charge in [-0.2, -0.15) is 5.10 Å². The molecule has 1 N–H and O–H groups in total. The highest BCUT2D eigenvalue weighted by Crippen LogP contribution is 2.18. The molecule has 3 heterocycles. The van der Waals surface area contributed by atoms with Crippen molar-refractivity contribution >= 4 is 17.7 Å². The number of carbonyl (C=O) groups excluding carboxylic acids is 2. The Hall–Kier alpha value is -4.33. The molecule has 148 valence electrons. The lowest BCUT2D eigenvalue weighted by Gasteiger charge is -2.12. The smallest absolute Gasteiger partial charge is 0.342 e. The number of anilines is 1. The van der Waals surface area contributed by atoms with Crippen LogP contribution in [0.2, 0.25) is 0 Å². The number of hydrogen-bond donors (Lipinski definition) is 1. The van der Waals surface area contributed by atoms with Gasteiger partial charge in [0.15, 0.2) is 5.82 Å². The number of rotatable bonds is 6. The minimum absolute atomic E-state index is 0.0664. The van der Waals surface area contributed by atoms with E-state index < -0.39 is 11.9 Å². The van der Waals surface area contributed by atoms with Crippen molar-refractivity contribution in [1.82, 2.24) is 19.7 Å². The first-order valence-electron chi connectivity index (χ1n) is 9.15. The van der Waals surface area contributed by atoms with Gasteiger partial charge in [0.1, 0.15) is 23.7 Å². The first kappa shape index (κ1) is 19.0. The van der Waals surface area contributed by atoms with Crippen molar-refractivity contribution in [1.29, 1.82) is 0 Å². The molecule has 4 rings (SSSR count). The lowest BCUT2D eigenvalue weighted by molar-refractivity contribution is 0.0473. The van der Waals surface area contributed by atoms with E-state index in [-0.39, 0.29) is 23.7 Å². The van der Waals surface area contributed by atoms with Gasteiger partial charge in [0.05, 0.1) is 0 Å². The third-order valence-corrected chi connectivity index (χ3v) is 4.18. The van der Waals surface area contributed by atoms with Gasteiger partial charge in [-0.1, -0.05) is 36.4 Å². The summed E-state index contributed by atoms with van der Waals surface area (Å²) in [6, 6.07) is 19.2. The average molecular weight is 399 g/mol. The van der Waals surface area contributed by atoms with Gasteiger partial charge in [-0.25, -0.2) is 14.5 Å². The molecule has 0 aliphatic heterocycles. The Balaban J connectivity index is 1.61. The van der Waals surface area contributed by atoms with E-state index in [1.165, 1.54) is 10.9 Å². The summed E-state index contributed by atoms with van der Waals surface area (Å²) in [5.74, 6) is -0.583. The summed E-state index contributed by atoms with van der Waals surface area (Å²) in [6.45, 7) is 0.105. The van der Waals surface area contributed by atoms with Gasteiger partial charge >= 0.3 is 5.97 Å². The molecular formula is C22H17N5O3. The van der Waals surface area contributed by atoms with E-state index in [1.807, 2.05) is 30.3 Å². The molecule has 0 saturated carbocycles. The van der Waals surface area contributed by atoms with Crippen LogP contribution in [0.1, 0.15) is 26.4 Å². The van der Waals surface area contributed by atoms with Crippen molar-refractivity contribution in [3.63, 3.8) is 0 Å². The van der Waals surface area contributed by atoms with Crippen LogP contribution in [0.3, 0.4) is 0 Å². The van der Waals surface area contributed by atoms with Crippen LogP contribution in [0.4, 0.5) is 5.82 Å². The van der Waals surface area contributed by atoms with Crippen LogP contribution in [0.25, 0.3) is 5.82 Å². The zero-order valence-corrected chi connectivity index (χ0v) is 15.8. The number of pyridine rings is 2. The first-order chi connectivity index (χ1) is 14.7. The second-order valence-electron chi connectivity index (χ2n) is 6.25. The Bertz CT molecular complexity index is 1150. The third-order valence-electron chi connectivity index (χ3n) is 4.18. The minimum Gasteiger partial charge on any atom is -0.457 e. The predicted octanol–water partition coefficient (Wildman–Crippen LogP) is 3.27. The zero-order valence-electron chi connectivity index (χ0n) is 15.8. The fourth-order valence-electron chi connectivity index (χ4n) is 2.71. The Labute approximate surface area is 172 Å². The quantitative estimate of drug-likeness (QED) is 0.500. The number of hydrogen-bond acceptors (Lipinski definition) is 6. The van der Waals surface area contributed by atoms with Crippen LogP contribution in [-0.4, -0.2) is 31.6 Å². The molecule has 30 heavy (non-hydrogen) atoms. The molecule has 0 fully saturated rings. The van der Waals surface area contributed by atoms with Crippen LogP contribution in [0.5, 0.6) is 0 Å². The van der Waals surface area contributed by atoms with Gasteiger partial charge in [0, 0.05) is 18.6 Å². The number of nitrogens with one attached hydrogen (secondary N) is 1. The molecule has 0 atom stereocenters. The number of carbonyl (C=O) groups is 2. The van der Waals surface area contributed by atoms with E-state index >= 15 is 0 Å². The van der Waals surface area contributed by atoms with E-state index in [4.69, 9.17) is 4.74 Å². The maximum atomic E-state index is 12.7. The molecule has 0 bridgehead atoms. The summed E-state index contributed by atoms with van der Waals surface area (Å²) in [5, 5.41) is 6.78. The summed E-state index contributed by atoms with van der Waals surface area (Å²) in [7, 11) is 0. The molecule has 0 radical (unpaired) electrons. The average Bonchev–Trinajstić information content (AvgIpc) is 3.34. The normalized spacial score (nSPS) is 10.4. The minimum atomic E-state index is -0.602. The van der Waals surface area contributed by atoms with Crippen molar-refractivity contribution in [2.45, 2.75) is 6.61 Å². The molecule has 0 saturated heterocycles. The maximum Gasteiger partial charge on any atom is 0.342 e. The molecule has 0 aliphatic rings. The number of esters is 1. The fourth-order valence-corrected chi connectivity index (χ4v) is 2.71. The van der Waals surface area contributed by atoms with E-state index in [1.54, 1.807) is 48.8 Å². The van der Waals surface area contributed by atoms with Gasteiger partial charge < -0.3 is 10.1 Å². The van der Waals surface area contributed by atoms with Gasteiger partial charge in [-0.3, -0.25) is 9.78 Å². The number of ether oxygens (including phenoxy) is 1. The molecular weight excluding hydrogens is 382 g/mol. The Morgan fingerprint density at radius 3 is 2.50 bits per heavy atom. The highest BCUT2D eigenvalue weighted by Gasteiger charge is 2.19. The SMILES string of the molecule is O=C(Nc1nc(-n2cccn2)ccc1C(=O)OCc1ccccc1)c1ccccn1. The number of aromatic nitrogens is 4. The van der Waals surface area contributed by atoms with Crippen LogP contribution >= 0.6 is 0 Å². The molecule has 0 spiro atoms. The van der Waals surface area contributed by atoms with E-state index in [0.717, 1.165) is 5.56 Å². The lowest BCUT2D eigenvalue weighted by atomic mass is 10.2. The van der Waals surface area contributed by atoms with Gasteiger partial charge in [-0.05, 0) is 35.9 Å². The Kier molecular flexibility index (Phi) is 5.56. The second-order valence-corrected chi connectivity index (χ2v) is 6.25. The van der Waals surface area contributed by atoms with Gasteiger partial charge in [0.2, 0.25) is 0 Å². The van der Waals surface area contributed by atoms with Crippen LogP contribution < -0.4 is 5.32 Å². The summed E-state index contributed by atoms with van der Waals surface area (Å²) in [5.41, 5.74) is 1.18. The monoisotopic (exact) mass is 399 g/mol. The van der Waals surface area contributed by atoms with Crippen molar-refractivity contribution in [3.05, 3.63) is 102 Å². The summed E-state index contributed by atoms with van der Waals surface area (Å²) in [4.78, 5) is 33.7. The van der Waals surface area contributed by atoms with Crippen molar-refractivity contribution in [2.24, 2.45) is 0 Å². The molecule has 1 amide bonds. The fraction of sp³-hybridized carbons (Fsp3) is 0.0455. The Morgan fingerprint density at radius 2 is 1.77 bits per heavy atom.